The van der Waals surface area contributed by atoms with Crippen molar-refractivity contribution in [2.75, 3.05) is 5.32 Å². The van der Waals surface area contributed by atoms with Crippen molar-refractivity contribution in [1.29, 1.82) is 0 Å². The van der Waals surface area contributed by atoms with Gasteiger partial charge in [0.05, 0.1) is 4.90 Å². The quantitative estimate of drug-likeness (QED) is 0.717. The molecule has 2 atom stereocenters. The Morgan fingerprint density at radius 1 is 1.11 bits per heavy atom. The Bertz CT molecular complexity index is 911. The second-order valence-corrected chi connectivity index (χ2v) is 8.90. The minimum Gasteiger partial charge on any atom is -0.324 e. The summed E-state index contributed by atoms with van der Waals surface area (Å²) in [6.45, 7) is 7.48. The lowest BCUT2D eigenvalue weighted by Crippen LogP contribution is -2.47. The third-order valence-corrected chi connectivity index (χ3v) is 6.26. The van der Waals surface area contributed by atoms with Crippen LogP contribution in [0.2, 0.25) is 5.02 Å². The maximum Gasteiger partial charge on any atom is 0.242 e. The van der Waals surface area contributed by atoms with Gasteiger partial charge in [-0.05, 0) is 49.6 Å². The molecule has 0 bridgehead atoms. The van der Waals surface area contributed by atoms with E-state index in [2.05, 4.69) is 10.0 Å². The first kappa shape index (κ1) is 21.4. The number of hydrogen-bond acceptors (Lipinski definition) is 3. The molecule has 0 saturated carbocycles. The van der Waals surface area contributed by atoms with Gasteiger partial charge in [-0.3, -0.25) is 4.79 Å². The third-order valence-electron chi connectivity index (χ3n) is 4.57. The Morgan fingerprint density at radius 2 is 1.74 bits per heavy atom. The highest BCUT2D eigenvalue weighted by Gasteiger charge is 2.30. The molecule has 5 nitrogen and oxygen atoms in total. The van der Waals surface area contributed by atoms with E-state index in [9.17, 15) is 13.2 Å². The fraction of sp³-hybridized carbons (Fsp3) is 0.350. The summed E-state index contributed by atoms with van der Waals surface area (Å²) in [4.78, 5) is 13.0. The first-order valence-electron chi connectivity index (χ1n) is 8.80. The Labute approximate surface area is 166 Å². The zero-order valence-corrected chi connectivity index (χ0v) is 17.5. The number of aryl methyl sites for hydroxylation is 2. The Morgan fingerprint density at radius 3 is 2.33 bits per heavy atom. The van der Waals surface area contributed by atoms with Gasteiger partial charge in [0.2, 0.25) is 15.9 Å². The molecule has 27 heavy (non-hydrogen) atoms. The van der Waals surface area contributed by atoms with Gasteiger partial charge in [-0.15, -0.1) is 0 Å². The molecule has 0 spiro atoms. The molecular formula is C20H25ClN2O3S. The predicted molar refractivity (Wildman–Crippen MR) is 110 cm³/mol. The van der Waals surface area contributed by atoms with Gasteiger partial charge in [0, 0.05) is 10.7 Å². The first-order valence-corrected chi connectivity index (χ1v) is 10.7. The van der Waals surface area contributed by atoms with E-state index in [1.807, 2.05) is 27.7 Å². The Kier molecular flexibility index (Phi) is 7.03. The predicted octanol–water partition coefficient (Wildman–Crippen LogP) is 4.29. The molecule has 2 aromatic rings. The van der Waals surface area contributed by atoms with Crippen LogP contribution < -0.4 is 10.0 Å². The van der Waals surface area contributed by atoms with Crippen molar-refractivity contribution in [2.24, 2.45) is 5.92 Å². The largest absolute Gasteiger partial charge is 0.324 e. The summed E-state index contributed by atoms with van der Waals surface area (Å²) in [6, 6.07) is 10.8. The van der Waals surface area contributed by atoms with Crippen LogP contribution in [0.25, 0.3) is 0 Å². The molecule has 0 unspecified atom stereocenters. The zero-order valence-electron chi connectivity index (χ0n) is 15.9. The van der Waals surface area contributed by atoms with Crippen LogP contribution in [-0.4, -0.2) is 20.4 Å². The molecule has 0 aromatic heterocycles. The lowest BCUT2D eigenvalue weighted by molar-refractivity contribution is -0.118. The van der Waals surface area contributed by atoms with Gasteiger partial charge in [0.15, 0.2) is 0 Å². The van der Waals surface area contributed by atoms with E-state index in [4.69, 9.17) is 11.6 Å². The highest BCUT2D eigenvalue weighted by atomic mass is 35.5. The fourth-order valence-electron chi connectivity index (χ4n) is 2.56. The van der Waals surface area contributed by atoms with Gasteiger partial charge >= 0.3 is 0 Å². The van der Waals surface area contributed by atoms with Crippen LogP contribution >= 0.6 is 11.6 Å². The Balaban J connectivity index is 2.27. The molecule has 2 rings (SSSR count). The minimum absolute atomic E-state index is 0.133. The number of carbonyl (C=O) groups is 1. The number of sulfonamides is 1. The molecule has 7 heteroatoms. The normalized spacial score (nSPS) is 13.8. The summed E-state index contributed by atoms with van der Waals surface area (Å²) < 4.78 is 28.0. The highest BCUT2D eigenvalue weighted by molar-refractivity contribution is 7.89. The Hall–Kier alpha value is -1.89. The van der Waals surface area contributed by atoms with Crippen molar-refractivity contribution in [3.63, 3.8) is 0 Å². The van der Waals surface area contributed by atoms with E-state index in [1.165, 1.54) is 12.1 Å². The molecule has 0 saturated heterocycles. The SMILES string of the molecule is CC[C@@H](C)[C@H](NS(=O)(=O)c1ccc(C)cc1)C(=O)Nc1cc(Cl)ccc1C. The van der Waals surface area contributed by atoms with Crippen molar-refractivity contribution >= 4 is 33.2 Å². The topological polar surface area (TPSA) is 75.3 Å². The number of nitrogens with one attached hydrogen (secondary N) is 2. The summed E-state index contributed by atoms with van der Waals surface area (Å²) >= 11 is 6.01. The van der Waals surface area contributed by atoms with Crippen molar-refractivity contribution in [2.45, 2.75) is 45.1 Å². The maximum absolute atomic E-state index is 12.9. The van der Waals surface area contributed by atoms with Crippen molar-refractivity contribution in [3.05, 3.63) is 58.6 Å². The minimum atomic E-state index is -3.82. The molecule has 2 N–H and O–H groups in total. The summed E-state index contributed by atoms with van der Waals surface area (Å²) in [5, 5.41) is 3.30. The number of rotatable bonds is 7. The molecule has 146 valence electrons. The van der Waals surface area contributed by atoms with Crippen LogP contribution in [0.4, 0.5) is 5.69 Å². The molecule has 0 aliphatic rings. The second kappa shape index (κ2) is 8.87. The van der Waals surface area contributed by atoms with Gasteiger partial charge in [0.25, 0.3) is 0 Å². The number of benzene rings is 2. The smallest absolute Gasteiger partial charge is 0.242 e. The van der Waals surface area contributed by atoms with Crippen LogP contribution in [0.1, 0.15) is 31.4 Å². The molecular weight excluding hydrogens is 384 g/mol. The van der Waals surface area contributed by atoms with Gasteiger partial charge in [0.1, 0.15) is 6.04 Å². The van der Waals surface area contributed by atoms with Gasteiger partial charge in [-0.25, -0.2) is 8.42 Å². The van der Waals surface area contributed by atoms with E-state index >= 15 is 0 Å². The lowest BCUT2D eigenvalue weighted by Gasteiger charge is -2.24. The fourth-order valence-corrected chi connectivity index (χ4v) is 4.03. The van der Waals surface area contributed by atoms with E-state index in [1.54, 1.807) is 30.3 Å². The van der Waals surface area contributed by atoms with Crippen LogP contribution in [0.15, 0.2) is 47.4 Å². The van der Waals surface area contributed by atoms with Crippen LogP contribution in [-0.2, 0) is 14.8 Å². The van der Waals surface area contributed by atoms with Crippen molar-refractivity contribution < 1.29 is 13.2 Å². The second-order valence-electron chi connectivity index (χ2n) is 6.75. The standard InChI is InChI=1S/C20H25ClN2O3S/c1-5-14(3)19(20(24)22-18-12-16(21)9-8-15(18)4)23-27(25,26)17-10-6-13(2)7-11-17/h6-12,14,19,23H,5H2,1-4H3,(H,22,24)/t14-,19+/m1/s1. The molecule has 0 radical (unpaired) electrons. The van der Waals surface area contributed by atoms with Crippen LogP contribution in [0, 0.1) is 19.8 Å². The number of amides is 1. The lowest BCUT2D eigenvalue weighted by atomic mass is 9.99. The van der Waals surface area contributed by atoms with E-state index in [0.29, 0.717) is 17.1 Å². The summed E-state index contributed by atoms with van der Waals surface area (Å²) in [7, 11) is -3.82. The molecule has 0 aliphatic carbocycles. The van der Waals surface area contributed by atoms with E-state index in [-0.39, 0.29) is 10.8 Å². The van der Waals surface area contributed by atoms with Crippen molar-refractivity contribution in [3.8, 4) is 0 Å². The van der Waals surface area contributed by atoms with Gasteiger partial charge in [-0.2, -0.15) is 4.72 Å². The van der Waals surface area contributed by atoms with Gasteiger partial charge in [-0.1, -0.05) is 55.6 Å². The summed E-state index contributed by atoms with van der Waals surface area (Å²) in [5.74, 6) is -0.602. The molecule has 0 heterocycles. The van der Waals surface area contributed by atoms with Gasteiger partial charge < -0.3 is 5.32 Å². The van der Waals surface area contributed by atoms with Crippen LogP contribution in [0.3, 0.4) is 0 Å². The maximum atomic E-state index is 12.9. The van der Waals surface area contributed by atoms with E-state index < -0.39 is 22.0 Å². The average Bonchev–Trinajstić information content (AvgIpc) is 2.62. The number of carbonyl (C=O) groups excluding carboxylic acids is 1. The molecule has 0 aliphatic heterocycles. The monoisotopic (exact) mass is 408 g/mol. The number of hydrogen-bond donors (Lipinski definition) is 2. The molecule has 2 aromatic carbocycles. The number of halogens is 1. The third kappa shape index (κ3) is 5.54. The van der Waals surface area contributed by atoms with Crippen LogP contribution in [0.5, 0.6) is 0 Å². The average molecular weight is 409 g/mol. The van der Waals surface area contributed by atoms with E-state index in [0.717, 1.165) is 11.1 Å². The molecule has 1 amide bonds. The summed E-state index contributed by atoms with van der Waals surface area (Å²) in [5.41, 5.74) is 2.37. The number of anilines is 1. The zero-order chi connectivity index (χ0) is 20.2. The first-order chi connectivity index (χ1) is 12.6. The highest BCUT2D eigenvalue weighted by Crippen LogP contribution is 2.22. The summed E-state index contributed by atoms with van der Waals surface area (Å²) in [6.07, 6.45) is 0.642. The van der Waals surface area contributed by atoms with Crippen molar-refractivity contribution in [1.82, 2.24) is 4.72 Å². The molecule has 0 fully saturated rings.